The molecule has 2 aromatic rings. The van der Waals surface area contributed by atoms with Crippen molar-refractivity contribution in [1.29, 1.82) is 0 Å². The lowest BCUT2D eigenvalue weighted by Gasteiger charge is -2.14. The molecule has 3 heteroatoms. The van der Waals surface area contributed by atoms with Gasteiger partial charge in [0.05, 0.1) is 0 Å². The molecule has 0 atom stereocenters. The van der Waals surface area contributed by atoms with Gasteiger partial charge in [0.2, 0.25) is 0 Å². The van der Waals surface area contributed by atoms with E-state index in [1.54, 1.807) is 12.1 Å². The fourth-order valence-corrected chi connectivity index (χ4v) is 2.25. The molecule has 0 aliphatic rings. The maximum absolute atomic E-state index is 12.3. The maximum atomic E-state index is 12.3. The summed E-state index contributed by atoms with van der Waals surface area (Å²) in [6.07, 6.45) is 0.466. The van der Waals surface area contributed by atoms with Crippen LogP contribution < -0.4 is 5.32 Å². The van der Waals surface area contributed by atoms with Gasteiger partial charge in [-0.1, -0.05) is 31.2 Å². The van der Waals surface area contributed by atoms with Gasteiger partial charge in [0.25, 0.3) is 0 Å². The first kappa shape index (κ1) is 14.1. The van der Waals surface area contributed by atoms with Crippen molar-refractivity contribution in [3.63, 3.8) is 0 Å². The Bertz CT molecular complexity index is 603. The monoisotopic (exact) mass is 269 g/mol. The highest BCUT2D eigenvalue weighted by Crippen LogP contribution is 2.31. The fourth-order valence-electron chi connectivity index (χ4n) is 2.25. The highest BCUT2D eigenvalue weighted by Gasteiger charge is 2.15. The van der Waals surface area contributed by atoms with Crippen LogP contribution in [-0.4, -0.2) is 17.4 Å². The smallest absolute Gasteiger partial charge is 0.165 e. The highest BCUT2D eigenvalue weighted by atomic mass is 16.3. The van der Waals surface area contributed by atoms with E-state index in [4.69, 9.17) is 0 Å². The molecular weight excluding hydrogens is 250 g/mol. The third kappa shape index (κ3) is 2.82. The van der Waals surface area contributed by atoms with Gasteiger partial charge in [-0.05, 0) is 36.2 Å². The number of ketones is 1. The molecule has 0 unspecified atom stereocenters. The summed E-state index contributed by atoms with van der Waals surface area (Å²) in [5.74, 6) is 0.338. The van der Waals surface area contributed by atoms with Gasteiger partial charge in [0, 0.05) is 24.2 Å². The number of carbonyl (C=O) groups is 1. The summed E-state index contributed by atoms with van der Waals surface area (Å²) in [5.41, 5.74) is 3.42. The minimum atomic E-state index is 0.115. The molecule has 104 valence electrons. The molecule has 0 radical (unpaired) electrons. The zero-order chi connectivity index (χ0) is 14.5. The molecule has 0 aromatic heterocycles. The fraction of sp³-hybridized carbons (Fsp3) is 0.235. The molecule has 0 aliphatic heterocycles. The number of phenolic OH excluding ortho intramolecular Hbond substituents is 1. The molecule has 2 aromatic carbocycles. The zero-order valence-corrected chi connectivity index (χ0v) is 11.8. The van der Waals surface area contributed by atoms with Crippen molar-refractivity contribution in [1.82, 2.24) is 0 Å². The Morgan fingerprint density at radius 2 is 1.80 bits per heavy atom. The number of benzene rings is 2. The van der Waals surface area contributed by atoms with Crippen molar-refractivity contribution >= 4 is 11.5 Å². The lowest BCUT2D eigenvalue weighted by Crippen LogP contribution is -2.07. The van der Waals surface area contributed by atoms with Crippen molar-refractivity contribution in [3.05, 3.63) is 48.0 Å². The molecule has 0 saturated heterocycles. The highest BCUT2D eigenvalue weighted by molar-refractivity contribution is 6.07. The molecule has 20 heavy (non-hydrogen) atoms. The van der Waals surface area contributed by atoms with E-state index < -0.39 is 0 Å². The normalized spacial score (nSPS) is 10.3. The lowest BCUT2D eigenvalue weighted by molar-refractivity contribution is 0.0989. The number of phenols is 1. The molecule has 0 saturated carbocycles. The van der Waals surface area contributed by atoms with Crippen LogP contribution in [0.15, 0.2) is 42.5 Å². The van der Waals surface area contributed by atoms with E-state index >= 15 is 0 Å². The minimum absolute atomic E-state index is 0.115. The number of anilines is 1. The summed E-state index contributed by atoms with van der Waals surface area (Å²) in [6.45, 7) is 4.64. The van der Waals surface area contributed by atoms with E-state index in [0.717, 1.165) is 28.9 Å². The first-order valence-electron chi connectivity index (χ1n) is 6.86. The average Bonchev–Trinajstić information content (AvgIpc) is 2.47. The van der Waals surface area contributed by atoms with Gasteiger partial charge in [-0.15, -0.1) is 0 Å². The van der Waals surface area contributed by atoms with Crippen LogP contribution in [-0.2, 0) is 0 Å². The van der Waals surface area contributed by atoms with Crippen LogP contribution in [0.5, 0.6) is 5.75 Å². The third-order valence-electron chi connectivity index (χ3n) is 3.21. The number of carbonyl (C=O) groups excluding carboxylic acids is 1. The Hall–Kier alpha value is -2.29. The van der Waals surface area contributed by atoms with Crippen LogP contribution in [0.2, 0.25) is 0 Å². The van der Waals surface area contributed by atoms with Gasteiger partial charge in [-0.2, -0.15) is 0 Å². The summed E-state index contributed by atoms with van der Waals surface area (Å²) in [6, 6.07) is 12.7. The minimum Gasteiger partial charge on any atom is -0.508 e. The number of Topliss-reactive ketones (excluding diaryl/α,β-unsaturated/α-hetero) is 1. The van der Waals surface area contributed by atoms with Crippen LogP contribution in [0, 0.1) is 0 Å². The summed E-state index contributed by atoms with van der Waals surface area (Å²) in [7, 11) is 0. The molecule has 0 spiro atoms. The van der Waals surface area contributed by atoms with Crippen molar-refractivity contribution in [2.24, 2.45) is 0 Å². The van der Waals surface area contributed by atoms with Crippen LogP contribution in [0.3, 0.4) is 0 Å². The quantitative estimate of drug-likeness (QED) is 0.804. The van der Waals surface area contributed by atoms with E-state index in [9.17, 15) is 9.90 Å². The van der Waals surface area contributed by atoms with Gasteiger partial charge in [-0.3, -0.25) is 4.79 Å². The maximum Gasteiger partial charge on any atom is 0.165 e. The molecule has 2 N–H and O–H groups in total. The largest absolute Gasteiger partial charge is 0.508 e. The van der Waals surface area contributed by atoms with E-state index in [0.29, 0.717) is 6.42 Å². The molecule has 0 bridgehead atoms. The van der Waals surface area contributed by atoms with Gasteiger partial charge in [-0.25, -0.2) is 0 Å². The number of nitrogens with one attached hydrogen (secondary N) is 1. The summed E-state index contributed by atoms with van der Waals surface area (Å²) < 4.78 is 0. The number of aromatic hydroxyl groups is 1. The second kappa shape index (κ2) is 6.24. The number of rotatable bonds is 5. The lowest BCUT2D eigenvalue weighted by atomic mass is 9.94. The molecule has 3 nitrogen and oxygen atoms in total. The Balaban J connectivity index is 2.59. The number of hydrogen-bond acceptors (Lipinski definition) is 3. The average molecular weight is 269 g/mol. The van der Waals surface area contributed by atoms with Gasteiger partial charge < -0.3 is 10.4 Å². The van der Waals surface area contributed by atoms with E-state index in [2.05, 4.69) is 5.32 Å². The Labute approximate surface area is 119 Å². The van der Waals surface area contributed by atoms with Crippen LogP contribution in [0.25, 0.3) is 11.1 Å². The van der Waals surface area contributed by atoms with E-state index in [1.807, 2.05) is 44.2 Å². The second-order valence-corrected chi connectivity index (χ2v) is 4.58. The van der Waals surface area contributed by atoms with E-state index in [1.165, 1.54) is 0 Å². The summed E-state index contributed by atoms with van der Waals surface area (Å²) >= 11 is 0. The Morgan fingerprint density at radius 3 is 2.40 bits per heavy atom. The number of hydrogen-bond donors (Lipinski definition) is 2. The summed E-state index contributed by atoms with van der Waals surface area (Å²) in [4.78, 5) is 12.3. The predicted molar refractivity (Wildman–Crippen MR) is 82.3 cm³/mol. The van der Waals surface area contributed by atoms with Crippen LogP contribution in [0.4, 0.5) is 5.69 Å². The van der Waals surface area contributed by atoms with E-state index in [-0.39, 0.29) is 11.5 Å². The van der Waals surface area contributed by atoms with Gasteiger partial charge >= 0.3 is 0 Å². The first-order valence-corrected chi connectivity index (χ1v) is 6.86. The van der Waals surface area contributed by atoms with Crippen LogP contribution in [0.1, 0.15) is 30.6 Å². The molecule has 2 rings (SSSR count). The molecule has 0 amide bonds. The zero-order valence-electron chi connectivity index (χ0n) is 11.8. The second-order valence-electron chi connectivity index (χ2n) is 4.58. The van der Waals surface area contributed by atoms with Crippen molar-refractivity contribution in [2.75, 3.05) is 11.9 Å². The Kier molecular flexibility index (Phi) is 4.41. The first-order chi connectivity index (χ1) is 9.67. The van der Waals surface area contributed by atoms with Crippen molar-refractivity contribution in [2.45, 2.75) is 20.3 Å². The van der Waals surface area contributed by atoms with Crippen molar-refractivity contribution in [3.8, 4) is 16.9 Å². The Morgan fingerprint density at radius 1 is 1.10 bits per heavy atom. The predicted octanol–water partition coefficient (Wildman–Crippen LogP) is 4.08. The van der Waals surface area contributed by atoms with Gasteiger partial charge in [0.1, 0.15) is 5.75 Å². The molecule has 0 aliphatic carbocycles. The summed E-state index contributed by atoms with van der Waals surface area (Å²) in [5, 5.41) is 12.6. The SMILES string of the molecule is CCNc1cccc(-c2ccc(O)cc2)c1C(=O)CC. The standard InChI is InChI=1S/C17H19NO2/c1-3-16(20)17-14(6-5-7-15(17)18-4-2)12-8-10-13(19)11-9-12/h5-11,18-19H,3-4H2,1-2H3. The topological polar surface area (TPSA) is 49.3 Å². The molecule has 0 heterocycles. The van der Waals surface area contributed by atoms with Crippen molar-refractivity contribution < 1.29 is 9.90 Å². The van der Waals surface area contributed by atoms with Crippen LogP contribution >= 0.6 is 0 Å². The third-order valence-corrected chi connectivity index (χ3v) is 3.21. The molecular formula is C17H19NO2. The van der Waals surface area contributed by atoms with Gasteiger partial charge in [0.15, 0.2) is 5.78 Å². The molecule has 0 fully saturated rings.